The van der Waals surface area contributed by atoms with Crippen LogP contribution in [0, 0.1) is 25.2 Å². The molecular formula is C34H46ClN7O3. The van der Waals surface area contributed by atoms with E-state index >= 15 is 0 Å². The molecule has 4 aliphatic rings. The Labute approximate surface area is 270 Å². The number of aryl methyl sites for hydroxylation is 1. The van der Waals surface area contributed by atoms with Gasteiger partial charge in [-0.25, -0.2) is 0 Å². The molecule has 0 unspecified atom stereocenters. The molecule has 10 nitrogen and oxygen atoms in total. The van der Waals surface area contributed by atoms with Crippen molar-refractivity contribution >= 4 is 34.2 Å². The number of piperazine rings is 1. The van der Waals surface area contributed by atoms with Gasteiger partial charge in [0.25, 0.3) is 0 Å². The lowest BCUT2D eigenvalue weighted by Gasteiger charge is -2.58. The summed E-state index contributed by atoms with van der Waals surface area (Å²) in [6.07, 6.45) is 6.33. The van der Waals surface area contributed by atoms with Crippen molar-refractivity contribution in [1.29, 1.82) is 0 Å². The Bertz CT molecular complexity index is 1590. The van der Waals surface area contributed by atoms with Gasteiger partial charge < -0.3 is 19.3 Å². The summed E-state index contributed by atoms with van der Waals surface area (Å²) in [6, 6.07) is 2.36. The number of anilines is 1. The van der Waals surface area contributed by atoms with Crippen LogP contribution in [0.25, 0.3) is 22.0 Å². The monoisotopic (exact) mass is 635 g/mol. The Morgan fingerprint density at radius 2 is 1.89 bits per heavy atom. The summed E-state index contributed by atoms with van der Waals surface area (Å²) >= 11 is 7.19. The highest BCUT2D eigenvalue weighted by Crippen LogP contribution is 2.56. The molecule has 11 heteroatoms. The fraction of sp³-hybridized carbons (Fsp3) is 0.618. The first-order valence-electron chi connectivity index (χ1n) is 16.4. The molecule has 3 aromatic rings. The van der Waals surface area contributed by atoms with Crippen LogP contribution in [0.15, 0.2) is 24.9 Å². The summed E-state index contributed by atoms with van der Waals surface area (Å²) in [5.41, 5.74) is 5.30. The second-order valence-electron chi connectivity index (χ2n) is 14.2. The van der Waals surface area contributed by atoms with Crippen LogP contribution in [0.2, 0.25) is 5.02 Å². The van der Waals surface area contributed by atoms with Crippen molar-refractivity contribution in [3.8, 4) is 11.1 Å². The van der Waals surface area contributed by atoms with Crippen molar-refractivity contribution in [2.75, 3.05) is 70.6 Å². The van der Waals surface area contributed by atoms with Gasteiger partial charge in [-0.05, 0) is 57.7 Å². The van der Waals surface area contributed by atoms with Crippen LogP contribution in [0.3, 0.4) is 0 Å². The molecule has 4 fully saturated rings. The van der Waals surface area contributed by atoms with Gasteiger partial charge in [0.2, 0.25) is 5.91 Å². The molecule has 0 bridgehead atoms. The molecule has 45 heavy (non-hydrogen) atoms. The van der Waals surface area contributed by atoms with E-state index in [9.17, 15) is 4.79 Å². The molecule has 1 atom stereocenters. The number of likely N-dealkylation sites (tertiary alicyclic amines) is 1. The Kier molecular flexibility index (Phi) is 7.99. The number of hydrogen-bond donors (Lipinski definition) is 1. The molecule has 1 spiro atoms. The summed E-state index contributed by atoms with van der Waals surface area (Å²) in [7, 11) is 0. The van der Waals surface area contributed by atoms with Crippen LogP contribution in [0.1, 0.15) is 50.4 Å². The predicted octanol–water partition coefficient (Wildman–Crippen LogP) is 5.00. The SMILES string of the molecule is C=CC(=O)N1CC2(CC(n3nc(N4CCN(CC5COCCOC5)C[C@]4(C)CC)c(-c4c(Cl)c(C)cc5[nH]ncc45)c3C)C2)C1. The largest absolute Gasteiger partial charge is 0.379 e. The number of H-pyrrole nitrogens is 1. The quantitative estimate of drug-likeness (QED) is 0.366. The van der Waals surface area contributed by atoms with Gasteiger partial charge in [-0.15, -0.1) is 0 Å². The maximum Gasteiger partial charge on any atom is 0.245 e. The molecule has 1 saturated carbocycles. The number of carbonyl (C=O) groups excluding carboxylic acids is 1. The normalized spacial score (nSPS) is 24.6. The lowest BCUT2D eigenvalue weighted by Crippen LogP contribution is -2.63. The molecule has 1 amide bonds. The van der Waals surface area contributed by atoms with Gasteiger partial charge in [-0.1, -0.05) is 25.1 Å². The molecule has 0 radical (unpaired) electrons. The van der Waals surface area contributed by atoms with Crippen molar-refractivity contribution in [2.24, 2.45) is 11.3 Å². The minimum Gasteiger partial charge on any atom is -0.379 e. The summed E-state index contributed by atoms with van der Waals surface area (Å²) in [4.78, 5) is 19.2. The van der Waals surface area contributed by atoms with Crippen molar-refractivity contribution < 1.29 is 14.3 Å². The first-order valence-corrected chi connectivity index (χ1v) is 16.8. The van der Waals surface area contributed by atoms with Crippen molar-refractivity contribution in [3.63, 3.8) is 0 Å². The van der Waals surface area contributed by atoms with Crippen LogP contribution >= 0.6 is 11.6 Å². The topological polar surface area (TPSA) is 91.8 Å². The third-order valence-corrected chi connectivity index (χ3v) is 11.4. The molecule has 1 aliphatic carbocycles. The predicted molar refractivity (Wildman–Crippen MR) is 177 cm³/mol. The molecule has 2 aromatic heterocycles. The van der Waals surface area contributed by atoms with Gasteiger partial charge in [0.1, 0.15) is 0 Å². The van der Waals surface area contributed by atoms with Gasteiger partial charge in [0, 0.05) is 72.8 Å². The molecule has 242 valence electrons. The van der Waals surface area contributed by atoms with Crippen LogP contribution in [-0.2, 0) is 14.3 Å². The second kappa shape index (κ2) is 11.7. The van der Waals surface area contributed by atoms with Crippen molar-refractivity contribution in [2.45, 2.75) is 58.5 Å². The third kappa shape index (κ3) is 5.27. The van der Waals surface area contributed by atoms with Crippen LogP contribution < -0.4 is 4.90 Å². The molecule has 7 rings (SSSR count). The van der Waals surface area contributed by atoms with E-state index in [4.69, 9.17) is 26.2 Å². The summed E-state index contributed by atoms with van der Waals surface area (Å²) in [5.74, 6) is 1.41. The highest BCUT2D eigenvalue weighted by Gasteiger charge is 2.55. The molecule has 3 aliphatic heterocycles. The highest BCUT2D eigenvalue weighted by molar-refractivity contribution is 6.36. The zero-order valence-electron chi connectivity index (χ0n) is 27.1. The van der Waals surface area contributed by atoms with E-state index in [2.05, 4.69) is 65.0 Å². The van der Waals surface area contributed by atoms with Crippen LogP contribution in [0.4, 0.5) is 5.82 Å². The fourth-order valence-electron chi connectivity index (χ4n) is 8.32. The summed E-state index contributed by atoms with van der Waals surface area (Å²) in [6.45, 7) is 20.8. The Hall–Kier alpha value is -2.92. The standard InChI is InChI=1S/C34H46ClN7O3/c1-6-28(43)40-20-34(21-40)13-25(14-34)42-23(4)29(30-26-15-36-37-27(26)12-22(3)31(30)35)32(38-42)41-9-8-39(19-33(41,5)7-2)16-24-17-44-10-11-45-18-24/h6,12,15,24-25H,1,7-11,13-14,16-21H2,2-5H3,(H,36,37)/t33-/m0/s1. The Balaban J connectivity index is 1.24. The maximum atomic E-state index is 12.1. The maximum absolute atomic E-state index is 12.1. The lowest BCUT2D eigenvalue weighted by atomic mass is 9.60. The number of ether oxygens (including phenoxy) is 2. The molecule has 3 saturated heterocycles. The molecular weight excluding hydrogens is 590 g/mol. The van der Waals surface area contributed by atoms with Gasteiger partial charge >= 0.3 is 0 Å². The number of nitrogens with zero attached hydrogens (tertiary/aromatic N) is 6. The van der Waals surface area contributed by atoms with E-state index in [1.54, 1.807) is 0 Å². The lowest BCUT2D eigenvalue weighted by molar-refractivity contribution is -0.149. The minimum atomic E-state index is -0.128. The van der Waals surface area contributed by atoms with Gasteiger partial charge in [-0.2, -0.15) is 10.2 Å². The van der Waals surface area contributed by atoms with E-state index in [-0.39, 0.29) is 22.9 Å². The molecule has 1 N–H and O–H groups in total. The number of aromatic nitrogens is 4. The van der Waals surface area contributed by atoms with Crippen LogP contribution in [-0.4, -0.2) is 107 Å². The number of rotatable bonds is 7. The number of carbonyl (C=O) groups is 1. The zero-order valence-corrected chi connectivity index (χ0v) is 27.8. The number of fused-ring (bicyclic) bond motifs is 1. The number of halogens is 1. The minimum absolute atomic E-state index is 0.0271. The van der Waals surface area contributed by atoms with E-state index in [1.165, 1.54) is 6.08 Å². The fourth-order valence-corrected chi connectivity index (χ4v) is 8.57. The average Bonchev–Trinajstić information content (AvgIpc) is 3.47. The third-order valence-electron chi connectivity index (χ3n) is 10.9. The number of nitrogens with one attached hydrogen (secondary N) is 1. The number of amides is 1. The first kappa shape index (κ1) is 30.7. The smallest absolute Gasteiger partial charge is 0.245 e. The summed E-state index contributed by atoms with van der Waals surface area (Å²) in [5, 5.41) is 14.8. The summed E-state index contributed by atoms with van der Waals surface area (Å²) < 4.78 is 13.9. The molecule has 1 aromatic carbocycles. The van der Waals surface area contributed by atoms with E-state index in [0.717, 1.165) is 116 Å². The first-order chi connectivity index (χ1) is 21.6. The second-order valence-corrected chi connectivity index (χ2v) is 14.5. The van der Waals surface area contributed by atoms with E-state index < -0.39 is 0 Å². The van der Waals surface area contributed by atoms with Crippen molar-refractivity contribution in [3.05, 3.63) is 41.2 Å². The number of benzene rings is 1. The highest BCUT2D eigenvalue weighted by atomic mass is 35.5. The average molecular weight is 636 g/mol. The van der Waals surface area contributed by atoms with E-state index in [0.29, 0.717) is 19.1 Å². The van der Waals surface area contributed by atoms with Gasteiger partial charge in [-0.3, -0.25) is 19.5 Å². The Morgan fingerprint density at radius 1 is 1.16 bits per heavy atom. The van der Waals surface area contributed by atoms with Crippen molar-refractivity contribution in [1.82, 2.24) is 29.8 Å². The van der Waals surface area contributed by atoms with Gasteiger partial charge in [0.05, 0.1) is 54.7 Å². The number of aromatic amines is 1. The van der Waals surface area contributed by atoms with Crippen LogP contribution in [0.5, 0.6) is 0 Å². The molecule has 5 heterocycles. The van der Waals surface area contributed by atoms with E-state index in [1.807, 2.05) is 11.1 Å². The Morgan fingerprint density at radius 3 is 2.58 bits per heavy atom. The number of hydrogen-bond acceptors (Lipinski definition) is 7. The zero-order chi connectivity index (χ0) is 31.5. The van der Waals surface area contributed by atoms with Gasteiger partial charge in [0.15, 0.2) is 5.82 Å².